The lowest BCUT2D eigenvalue weighted by Crippen LogP contribution is -2.52. The second-order valence-corrected chi connectivity index (χ2v) is 8.39. The standard InChI is InChI=1S/C20H26O4/c1-11(2)13-10-14(21)16-12(17(13)22)6-7-15-19(16,3)8-5-9-20(15,4)18(23)24/h10-11,15H,5-9H2,1-4H3,(H,23,24)/t15?,19-,20-/m0/s1. The van der Waals surface area contributed by atoms with Crippen LogP contribution in [0.15, 0.2) is 22.8 Å². The number of Topliss-reactive ketones (excluding diaryl/α,β-unsaturated/α-hetero) is 1. The molecule has 0 radical (unpaired) electrons. The Morgan fingerprint density at radius 2 is 1.92 bits per heavy atom. The predicted molar refractivity (Wildman–Crippen MR) is 90.4 cm³/mol. The Hall–Kier alpha value is -1.71. The summed E-state index contributed by atoms with van der Waals surface area (Å²) in [6.45, 7) is 7.68. The highest BCUT2D eigenvalue weighted by atomic mass is 16.4. The molecular formula is C20H26O4. The summed E-state index contributed by atoms with van der Waals surface area (Å²) in [6, 6.07) is 0. The van der Waals surface area contributed by atoms with Gasteiger partial charge in [0, 0.05) is 22.1 Å². The van der Waals surface area contributed by atoms with E-state index in [9.17, 15) is 19.5 Å². The summed E-state index contributed by atoms with van der Waals surface area (Å²) in [5.74, 6) is -0.926. The van der Waals surface area contributed by atoms with Gasteiger partial charge in [-0.15, -0.1) is 0 Å². The summed E-state index contributed by atoms with van der Waals surface area (Å²) in [4.78, 5) is 37.7. The Morgan fingerprint density at radius 1 is 1.25 bits per heavy atom. The zero-order valence-corrected chi connectivity index (χ0v) is 14.9. The molecule has 4 nitrogen and oxygen atoms in total. The third-order valence-corrected chi connectivity index (χ3v) is 6.67. The fourth-order valence-corrected chi connectivity index (χ4v) is 5.36. The van der Waals surface area contributed by atoms with E-state index >= 15 is 0 Å². The molecule has 0 aromatic carbocycles. The maximum atomic E-state index is 12.9. The SMILES string of the molecule is CC(C)C1=CC(=O)C2=C(CCC3[C@@](C)(C(=O)O)CCC[C@]23C)C1=O. The average Bonchev–Trinajstić information content (AvgIpc) is 2.49. The highest BCUT2D eigenvalue weighted by Gasteiger charge is 2.58. The van der Waals surface area contributed by atoms with Crippen molar-refractivity contribution in [1.29, 1.82) is 0 Å². The minimum Gasteiger partial charge on any atom is -0.481 e. The van der Waals surface area contributed by atoms with E-state index in [1.54, 1.807) is 0 Å². The summed E-state index contributed by atoms with van der Waals surface area (Å²) in [7, 11) is 0. The molecule has 0 aromatic rings. The van der Waals surface area contributed by atoms with Gasteiger partial charge in [-0.2, -0.15) is 0 Å². The summed E-state index contributed by atoms with van der Waals surface area (Å²) in [5.41, 5.74) is 0.527. The number of carboxylic acid groups (broad SMARTS) is 1. The van der Waals surface area contributed by atoms with Crippen LogP contribution in [0.1, 0.15) is 59.8 Å². The van der Waals surface area contributed by atoms with Crippen LogP contribution in [0, 0.1) is 22.7 Å². The smallest absolute Gasteiger partial charge is 0.309 e. The minimum atomic E-state index is -0.823. The fraction of sp³-hybridized carbons (Fsp3) is 0.650. The first-order valence-corrected chi connectivity index (χ1v) is 8.90. The molecule has 3 aliphatic rings. The number of fused-ring (bicyclic) bond motifs is 2. The zero-order chi connectivity index (χ0) is 17.9. The van der Waals surface area contributed by atoms with Crippen molar-refractivity contribution in [3.05, 3.63) is 22.8 Å². The van der Waals surface area contributed by atoms with E-state index in [2.05, 4.69) is 0 Å². The maximum Gasteiger partial charge on any atom is 0.309 e. The molecule has 0 aliphatic heterocycles. The van der Waals surface area contributed by atoms with E-state index in [4.69, 9.17) is 0 Å². The van der Waals surface area contributed by atoms with E-state index < -0.39 is 16.8 Å². The number of hydrogen-bond donors (Lipinski definition) is 1. The molecule has 0 aromatic heterocycles. The average molecular weight is 330 g/mol. The van der Waals surface area contributed by atoms with E-state index in [1.165, 1.54) is 6.08 Å². The van der Waals surface area contributed by atoms with Crippen molar-refractivity contribution in [2.45, 2.75) is 59.8 Å². The van der Waals surface area contributed by atoms with Crippen LogP contribution >= 0.6 is 0 Å². The van der Waals surface area contributed by atoms with Gasteiger partial charge >= 0.3 is 5.97 Å². The second kappa shape index (κ2) is 5.40. The van der Waals surface area contributed by atoms with Crippen LogP contribution in [0.2, 0.25) is 0 Å². The van der Waals surface area contributed by atoms with Crippen LogP contribution < -0.4 is 0 Å². The Bertz CT molecular complexity index is 696. The van der Waals surface area contributed by atoms with Gasteiger partial charge in [0.05, 0.1) is 5.41 Å². The van der Waals surface area contributed by atoms with Crippen molar-refractivity contribution in [2.75, 3.05) is 0 Å². The Balaban J connectivity index is 2.12. The number of hydrogen-bond acceptors (Lipinski definition) is 3. The molecule has 3 atom stereocenters. The van der Waals surface area contributed by atoms with Gasteiger partial charge in [-0.05, 0) is 50.5 Å². The van der Waals surface area contributed by atoms with Gasteiger partial charge in [-0.3, -0.25) is 14.4 Å². The van der Waals surface area contributed by atoms with Crippen molar-refractivity contribution < 1.29 is 19.5 Å². The third-order valence-electron chi connectivity index (χ3n) is 6.67. The van der Waals surface area contributed by atoms with E-state index in [0.29, 0.717) is 36.0 Å². The van der Waals surface area contributed by atoms with Crippen molar-refractivity contribution in [3.63, 3.8) is 0 Å². The number of allylic oxidation sites excluding steroid dienone is 4. The number of carbonyl (C=O) groups is 3. The third kappa shape index (κ3) is 2.15. The molecule has 1 fully saturated rings. The molecule has 130 valence electrons. The number of carbonyl (C=O) groups excluding carboxylic acids is 2. The van der Waals surface area contributed by atoms with E-state index in [0.717, 1.165) is 12.8 Å². The van der Waals surface area contributed by atoms with Crippen LogP contribution in [0.5, 0.6) is 0 Å². The summed E-state index contributed by atoms with van der Waals surface area (Å²) < 4.78 is 0. The lowest BCUT2D eigenvalue weighted by atomic mass is 9.48. The van der Waals surface area contributed by atoms with Crippen molar-refractivity contribution in [1.82, 2.24) is 0 Å². The van der Waals surface area contributed by atoms with Crippen LogP contribution in [0.3, 0.4) is 0 Å². The minimum absolute atomic E-state index is 0.00174. The number of aliphatic carboxylic acids is 1. The van der Waals surface area contributed by atoms with Crippen molar-refractivity contribution in [3.8, 4) is 0 Å². The van der Waals surface area contributed by atoms with Gasteiger partial charge in [-0.1, -0.05) is 27.2 Å². The van der Waals surface area contributed by atoms with Crippen LogP contribution in [-0.4, -0.2) is 22.6 Å². The quantitative estimate of drug-likeness (QED) is 0.784. The Kier molecular flexibility index (Phi) is 3.85. The molecule has 1 saturated carbocycles. The van der Waals surface area contributed by atoms with Gasteiger partial charge < -0.3 is 5.11 Å². The molecule has 1 unspecified atom stereocenters. The molecular weight excluding hydrogens is 304 g/mol. The molecule has 1 N–H and O–H groups in total. The molecule has 4 heteroatoms. The van der Waals surface area contributed by atoms with Gasteiger partial charge in [0.25, 0.3) is 0 Å². The van der Waals surface area contributed by atoms with Gasteiger partial charge in [0.15, 0.2) is 11.6 Å². The Labute approximate surface area is 143 Å². The van der Waals surface area contributed by atoms with E-state index in [1.807, 2.05) is 27.7 Å². The topological polar surface area (TPSA) is 71.4 Å². The molecule has 3 rings (SSSR count). The fourth-order valence-electron chi connectivity index (χ4n) is 5.36. The number of rotatable bonds is 2. The zero-order valence-electron chi connectivity index (χ0n) is 14.9. The highest BCUT2D eigenvalue weighted by Crippen LogP contribution is 2.60. The van der Waals surface area contributed by atoms with Crippen molar-refractivity contribution in [2.24, 2.45) is 22.7 Å². The van der Waals surface area contributed by atoms with Crippen LogP contribution in [-0.2, 0) is 14.4 Å². The number of carboxylic acids is 1. The van der Waals surface area contributed by atoms with Crippen LogP contribution in [0.4, 0.5) is 0 Å². The summed E-state index contributed by atoms with van der Waals surface area (Å²) in [5, 5.41) is 9.80. The molecule has 3 aliphatic carbocycles. The molecule has 0 spiro atoms. The molecule has 0 amide bonds. The molecule has 0 saturated heterocycles. The number of ketones is 2. The lowest BCUT2D eigenvalue weighted by molar-refractivity contribution is -0.159. The largest absolute Gasteiger partial charge is 0.481 e. The highest BCUT2D eigenvalue weighted by molar-refractivity contribution is 6.23. The molecule has 0 heterocycles. The molecule has 0 bridgehead atoms. The van der Waals surface area contributed by atoms with Crippen molar-refractivity contribution >= 4 is 17.5 Å². The van der Waals surface area contributed by atoms with Gasteiger partial charge in [0.2, 0.25) is 0 Å². The normalized spacial score (nSPS) is 36.4. The monoisotopic (exact) mass is 330 g/mol. The molecule has 24 heavy (non-hydrogen) atoms. The summed E-state index contributed by atoms with van der Waals surface area (Å²) >= 11 is 0. The summed E-state index contributed by atoms with van der Waals surface area (Å²) in [6.07, 6.45) is 4.89. The van der Waals surface area contributed by atoms with E-state index in [-0.39, 0.29) is 23.4 Å². The lowest BCUT2D eigenvalue weighted by Gasteiger charge is -2.54. The Morgan fingerprint density at radius 3 is 2.50 bits per heavy atom. The van der Waals surface area contributed by atoms with Gasteiger partial charge in [-0.25, -0.2) is 0 Å². The predicted octanol–water partition coefficient (Wildman–Crippen LogP) is 3.71. The first kappa shape index (κ1) is 17.1. The van der Waals surface area contributed by atoms with Gasteiger partial charge in [0.1, 0.15) is 0 Å². The maximum absolute atomic E-state index is 12.9. The second-order valence-electron chi connectivity index (χ2n) is 8.39. The van der Waals surface area contributed by atoms with Crippen LogP contribution in [0.25, 0.3) is 0 Å². The first-order chi connectivity index (χ1) is 11.1. The first-order valence-electron chi connectivity index (χ1n) is 8.90.